The van der Waals surface area contributed by atoms with Gasteiger partial charge in [-0.3, -0.25) is 0 Å². The fourth-order valence-electron chi connectivity index (χ4n) is 1.88. The van der Waals surface area contributed by atoms with E-state index in [0.29, 0.717) is 22.5 Å². The van der Waals surface area contributed by atoms with E-state index in [1.54, 1.807) is 36.4 Å². The van der Waals surface area contributed by atoms with Crippen LogP contribution in [0, 0.1) is 5.82 Å². The van der Waals surface area contributed by atoms with Gasteiger partial charge in [0.25, 0.3) is 0 Å². The summed E-state index contributed by atoms with van der Waals surface area (Å²) in [5.74, 6) is 0.877. The van der Waals surface area contributed by atoms with E-state index in [1.807, 2.05) is 0 Å². The number of halogens is 1. The molecule has 0 bridgehead atoms. The highest BCUT2D eigenvalue weighted by molar-refractivity contribution is 5.78. The number of hydrogen-bond donors (Lipinski definition) is 1. The molecule has 19 heavy (non-hydrogen) atoms. The van der Waals surface area contributed by atoms with E-state index in [0.717, 1.165) is 0 Å². The highest BCUT2D eigenvalue weighted by Gasteiger charge is 2.08. The van der Waals surface area contributed by atoms with Gasteiger partial charge in [0, 0.05) is 6.07 Å². The topological polar surface area (TPSA) is 42.6 Å². The number of benzene rings is 2. The summed E-state index contributed by atoms with van der Waals surface area (Å²) < 4.78 is 24.4. The predicted molar refractivity (Wildman–Crippen MR) is 68.6 cm³/mol. The van der Waals surface area contributed by atoms with Crippen LogP contribution in [0.4, 0.5) is 4.39 Å². The minimum Gasteiger partial charge on any atom is -0.508 e. The molecule has 0 saturated carbocycles. The molecule has 0 spiro atoms. The molecule has 0 saturated heterocycles. The van der Waals surface area contributed by atoms with Crippen molar-refractivity contribution in [1.29, 1.82) is 0 Å². The number of ether oxygens (including phenoxy) is 1. The molecule has 0 radical (unpaired) electrons. The van der Waals surface area contributed by atoms with Crippen LogP contribution in [0.3, 0.4) is 0 Å². The first-order valence-corrected chi connectivity index (χ1v) is 5.81. The lowest BCUT2D eigenvalue weighted by molar-refractivity contribution is 0.273. The van der Waals surface area contributed by atoms with Crippen molar-refractivity contribution in [2.75, 3.05) is 0 Å². The Morgan fingerprint density at radius 1 is 1.11 bits per heavy atom. The SMILES string of the molecule is Oc1cccc(OCc2cc3c(F)cccc3o2)c1. The van der Waals surface area contributed by atoms with Gasteiger partial charge in [0.2, 0.25) is 0 Å². The minimum atomic E-state index is -0.315. The van der Waals surface area contributed by atoms with Crippen molar-refractivity contribution in [1.82, 2.24) is 0 Å². The largest absolute Gasteiger partial charge is 0.508 e. The van der Waals surface area contributed by atoms with Gasteiger partial charge in [0.1, 0.15) is 35.3 Å². The number of phenols is 1. The summed E-state index contributed by atoms with van der Waals surface area (Å²) in [6.07, 6.45) is 0. The smallest absolute Gasteiger partial charge is 0.146 e. The van der Waals surface area contributed by atoms with Crippen molar-refractivity contribution in [2.45, 2.75) is 6.61 Å². The van der Waals surface area contributed by atoms with Crippen molar-refractivity contribution >= 4 is 11.0 Å². The summed E-state index contributed by atoms with van der Waals surface area (Å²) in [7, 11) is 0. The number of hydrogen-bond acceptors (Lipinski definition) is 3. The van der Waals surface area contributed by atoms with Gasteiger partial charge in [-0.1, -0.05) is 12.1 Å². The van der Waals surface area contributed by atoms with Crippen LogP contribution >= 0.6 is 0 Å². The zero-order chi connectivity index (χ0) is 13.2. The molecule has 0 atom stereocenters. The zero-order valence-electron chi connectivity index (χ0n) is 9.97. The standard InChI is InChI=1S/C15H11FO3/c16-14-5-2-6-15-13(14)8-12(19-15)9-18-11-4-1-3-10(17)7-11/h1-8,17H,9H2. The summed E-state index contributed by atoms with van der Waals surface area (Å²) in [5.41, 5.74) is 0.495. The first-order chi connectivity index (χ1) is 9.22. The van der Waals surface area contributed by atoms with Gasteiger partial charge in [-0.05, 0) is 30.3 Å². The Morgan fingerprint density at radius 3 is 2.74 bits per heavy atom. The lowest BCUT2D eigenvalue weighted by atomic mass is 10.2. The Hall–Kier alpha value is -2.49. The Morgan fingerprint density at radius 2 is 1.95 bits per heavy atom. The maximum atomic E-state index is 13.5. The van der Waals surface area contributed by atoms with Gasteiger partial charge in [-0.15, -0.1) is 0 Å². The molecule has 1 N–H and O–H groups in total. The fourth-order valence-corrected chi connectivity index (χ4v) is 1.88. The van der Waals surface area contributed by atoms with Crippen molar-refractivity contribution in [3.63, 3.8) is 0 Å². The van der Waals surface area contributed by atoms with Crippen molar-refractivity contribution in [2.24, 2.45) is 0 Å². The lowest BCUT2D eigenvalue weighted by Gasteiger charge is -2.03. The van der Waals surface area contributed by atoms with Crippen LogP contribution in [0.1, 0.15) is 5.76 Å². The molecule has 0 unspecified atom stereocenters. The number of fused-ring (bicyclic) bond motifs is 1. The molecule has 96 valence electrons. The van der Waals surface area contributed by atoms with E-state index in [4.69, 9.17) is 9.15 Å². The van der Waals surface area contributed by atoms with E-state index in [-0.39, 0.29) is 18.2 Å². The van der Waals surface area contributed by atoms with Crippen molar-refractivity contribution in [3.05, 3.63) is 60.1 Å². The number of rotatable bonds is 3. The first-order valence-electron chi connectivity index (χ1n) is 5.81. The van der Waals surface area contributed by atoms with E-state index in [9.17, 15) is 9.50 Å². The van der Waals surface area contributed by atoms with Gasteiger partial charge in [0.15, 0.2) is 0 Å². The van der Waals surface area contributed by atoms with Crippen LogP contribution in [-0.4, -0.2) is 5.11 Å². The highest BCUT2D eigenvalue weighted by Crippen LogP contribution is 2.24. The molecule has 0 aliphatic heterocycles. The molecule has 0 fully saturated rings. The fraction of sp³-hybridized carbons (Fsp3) is 0.0667. The molecule has 1 heterocycles. The molecular formula is C15H11FO3. The van der Waals surface area contributed by atoms with E-state index in [2.05, 4.69) is 0 Å². The Kier molecular flexibility index (Phi) is 2.83. The third-order valence-electron chi connectivity index (χ3n) is 2.76. The summed E-state index contributed by atoms with van der Waals surface area (Å²) in [6.45, 7) is 0.178. The molecule has 0 amide bonds. The van der Waals surface area contributed by atoms with Crippen molar-refractivity contribution in [3.8, 4) is 11.5 Å². The summed E-state index contributed by atoms with van der Waals surface area (Å²) in [5, 5.41) is 9.75. The van der Waals surface area contributed by atoms with E-state index < -0.39 is 0 Å². The zero-order valence-corrected chi connectivity index (χ0v) is 9.97. The van der Waals surface area contributed by atoms with E-state index in [1.165, 1.54) is 12.1 Å². The van der Waals surface area contributed by atoms with Gasteiger partial charge < -0.3 is 14.3 Å². The highest BCUT2D eigenvalue weighted by atomic mass is 19.1. The van der Waals surface area contributed by atoms with Gasteiger partial charge in [-0.25, -0.2) is 4.39 Å². The van der Waals surface area contributed by atoms with Gasteiger partial charge >= 0.3 is 0 Å². The van der Waals surface area contributed by atoms with Crippen LogP contribution in [0.25, 0.3) is 11.0 Å². The molecule has 0 aliphatic rings. The number of phenolic OH excluding ortho intramolecular Hbond substituents is 1. The molecular weight excluding hydrogens is 247 g/mol. The summed E-state index contributed by atoms with van der Waals surface area (Å²) in [4.78, 5) is 0. The van der Waals surface area contributed by atoms with Gasteiger partial charge in [-0.2, -0.15) is 0 Å². The third kappa shape index (κ3) is 2.38. The molecule has 4 heteroatoms. The second kappa shape index (κ2) is 4.65. The molecule has 2 aromatic carbocycles. The Labute approximate surface area is 108 Å². The Bertz CT molecular complexity index is 718. The first kappa shape index (κ1) is 11.6. The molecule has 0 aliphatic carbocycles. The van der Waals surface area contributed by atoms with Crippen molar-refractivity contribution < 1.29 is 18.7 Å². The second-order valence-corrected chi connectivity index (χ2v) is 4.15. The van der Waals surface area contributed by atoms with Crippen LogP contribution in [0.2, 0.25) is 0 Å². The summed E-state index contributed by atoms with van der Waals surface area (Å²) >= 11 is 0. The van der Waals surface area contributed by atoms with E-state index >= 15 is 0 Å². The van der Waals surface area contributed by atoms with Gasteiger partial charge in [0.05, 0.1) is 5.39 Å². The number of furan rings is 1. The maximum absolute atomic E-state index is 13.5. The third-order valence-corrected chi connectivity index (χ3v) is 2.76. The molecule has 3 rings (SSSR count). The van der Waals surface area contributed by atoms with Crippen LogP contribution < -0.4 is 4.74 Å². The average molecular weight is 258 g/mol. The monoisotopic (exact) mass is 258 g/mol. The maximum Gasteiger partial charge on any atom is 0.146 e. The number of aromatic hydroxyl groups is 1. The van der Waals surface area contributed by atoms with Crippen LogP contribution in [0.15, 0.2) is 52.9 Å². The molecule has 3 aromatic rings. The normalized spacial score (nSPS) is 10.8. The molecule has 1 aromatic heterocycles. The van der Waals surface area contributed by atoms with Crippen LogP contribution in [0.5, 0.6) is 11.5 Å². The van der Waals surface area contributed by atoms with Crippen LogP contribution in [-0.2, 0) is 6.61 Å². The lowest BCUT2D eigenvalue weighted by Crippen LogP contribution is -1.92. The average Bonchev–Trinajstić information content (AvgIpc) is 2.81. The predicted octanol–water partition coefficient (Wildman–Crippen LogP) is 3.86. The Balaban J connectivity index is 1.80. The quantitative estimate of drug-likeness (QED) is 0.775. The minimum absolute atomic E-state index is 0.133. The summed E-state index contributed by atoms with van der Waals surface area (Å²) in [6, 6.07) is 12.8. The molecule has 3 nitrogen and oxygen atoms in total. The second-order valence-electron chi connectivity index (χ2n) is 4.15.